The topological polar surface area (TPSA) is 64.3 Å². The number of amides is 1. The van der Waals surface area contributed by atoms with E-state index in [1.807, 2.05) is 0 Å². The quantitative estimate of drug-likeness (QED) is 0.747. The van der Waals surface area contributed by atoms with Gasteiger partial charge in [0.25, 0.3) is 6.43 Å². The standard InChI is InChI=1S/C12H15F3N2O2/c13-9-5-8(6-16)1-2-10(9)17-12(18)3-4-19-7-11(14)15/h1-2,5,11H,3-4,6-7,16H2,(H,17,18). The Morgan fingerprint density at radius 1 is 1.42 bits per heavy atom. The Labute approximate surface area is 108 Å². The predicted molar refractivity (Wildman–Crippen MR) is 64.4 cm³/mol. The highest BCUT2D eigenvalue weighted by molar-refractivity contribution is 5.90. The second-order valence-corrected chi connectivity index (χ2v) is 3.78. The number of carbonyl (C=O) groups is 1. The number of alkyl halides is 2. The van der Waals surface area contributed by atoms with Crippen LogP contribution in [-0.4, -0.2) is 25.5 Å². The van der Waals surface area contributed by atoms with Crippen LogP contribution in [0.3, 0.4) is 0 Å². The lowest BCUT2D eigenvalue weighted by Crippen LogP contribution is -2.16. The molecule has 0 aromatic heterocycles. The molecule has 0 aliphatic heterocycles. The van der Waals surface area contributed by atoms with Gasteiger partial charge in [-0.1, -0.05) is 6.07 Å². The maximum Gasteiger partial charge on any atom is 0.261 e. The first-order valence-electron chi connectivity index (χ1n) is 5.67. The van der Waals surface area contributed by atoms with Gasteiger partial charge in [0, 0.05) is 6.54 Å². The first kappa shape index (κ1) is 15.5. The van der Waals surface area contributed by atoms with Crippen molar-refractivity contribution in [3.8, 4) is 0 Å². The Hall–Kier alpha value is -1.60. The van der Waals surface area contributed by atoms with E-state index < -0.39 is 24.8 Å². The number of nitrogens with one attached hydrogen (secondary N) is 1. The molecule has 0 aliphatic carbocycles. The number of carbonyl (C=O) groups excluding carboxylic acids is 1. The summed E-state index contributed by atoms with van der Waals surface area (Å²) in [5, 5.41) is 2.33. The third kappa shape index (κ3) is 5.71. The van der Waals surface area contributed by atoms with Crippen LogP contribution in [0.4, 0.5) is 18.9 Å². The summed E-state index contributed by atoms with van der Waals surface area (Å²) in [6, 6.07) is 4.21. The summed E-state index contributed by atoms with van der Waals surface area (Å²) in [6.07, 6.45) is -2.69. The molecule has 106 valence electrons. The van der Waals surface area contributed by atoms with E-state index in [2.05, 4.69) is 10.1 Å². The highest BCUT2D eigenvalue weighted by Crippen LogP contribution is 2.15. The Bertz CT molecular complexity index is 427. The lowest BCUT2D eigenvalue weighted by atomic mass is 10.2. The minimum atomic E-state index is -2.57. The van der Waals surface area contributed by atoms with E-state index >= 15 is 0 Å². The fraction of sp³-hybridized carbons (Fsp3) is 0.417. The molecule has 1 rings (SSSR count). The number of anilines is 1. The van der Waals surface area contributed by atoms with E-state index in [0.29, 0.717) is 5.56 Å². The molecule has 0 radical (unpaired) electrons. The average molecular weight is 276 g/mol. The van der Waals surface area contributed by atoms with E-state index in [9.17, 15) is 18.0 Å². The van der Waals surface area contributed by atoms with E-state index in [-0.39, 0.29) is 25.3 Å². The first-order valence-corrected chi connectivity index (χ1v) is 5.67. The van der Waals surface area contributed by atoms with E-state index in [0.717, 1.165) is 0 Å². The van der Waals surface area contributed by atoms with Crippen molar-refractivity contribution < 1.29 is 22.7 Å². The monoisotopic (exact) mass is 276 g/mol. The van der Waals surface area contributed by atoms with Crippen molar-refractivity contribution in [2.45, 2.75) is 19.4 Å². The Morgan fingerprint density at radius 3 is 2.74 bits per heavy atom. The van der Waals surface area contributed by atoms with Crippen molar-refractivity contribution in [1.82, 2.24) is 0 Å². The largest absolute Gasteiger partial charge is 0.375 e. The Kier molecular flexibility index (Phi) is 6.31. The number of rotatable bonds is 7. The van der Waals surface area contributed by atoms with Gasteiger partial charge in [0.15, 0.2) is 0 Å². The average Bonchev–Trinajstić information content (AvgIpc) is 2.37. The smallest absolute Gasteiger partial charge is 0.261 e. The molecule has 0 unspecified atom stereocenters. The van der Waals surface area contributed by atoms with E-state index in [1.165, 1.54) is 12.1 Å². The zero-order valence-electron chi connectivity index (χ0n) is 10.2. The SMILES string of the molecule is NCc1ccc(NC(=O)CCOCC(F)F)c(F)c1. The summed E-state index contributed by atoms with van der Waals surface area (Å²) < 4.78 is 41.5. The molecule has 3 N–H and O–H groups in total. The van der Waals surface area contributed by atoms with E-state index in [4.69, 9.17) is 5.73 Å². The van der Waals surface area contributed by atoms with Gasteiger partial charge < -0.3 is 15.8 Å². The minimum absolute atomic E-state index is 0.0241. The molecule has 0 bridgehead atoms. The molecule has 4 nitrogen and oxygen atoms in total. The molecule has 0 aliphatic rings. The molecule has 0 fully saturated rings. The van der Waals surface area contributed by atoms with Crippen LogP contribution in [0.15, 0.2) is 18.2 Å². The molecule has 19 heavy (non-hydrogen) atoms. The summed E-state index contributed by atoms with van der Waals surface area (Å²) in [7, 11) is 0. The van der Waals surface area contributed by atoms with Gasteiger partial charge >= 0.3 is 0 Å². The number of benzene rings is 1. The number of halogens is 3. The molecule has 0 saturated heterocycles. The minimum Gasteiger partial charge on any atom is -0.375 e. The number of nitrogens with two attached hydrogens (primary N) is 1. The second kappa shape index (κ2) is 7.75. The maximum absolute atomic E-state index is 13.5. The summed E-state index contributed by atoms with van der Waals surface area (Å²) in [6.45, 7) is -0.655. The normalized spacial score (nSPS) is 10.8. The molecule has 1 amide bonds. The van der Waals surface area contributed by atoms with Gasteiger partial charge in [0.1, 0.15) is 12.4 Å². The number of ether oxygens (including phenoxy) is 1. The molecule has 7 heteroatoms. The van der Waals surface area contributed by atoms with Crippen molar-refractivity contribution in [3.05, 3.63) is 29.6 Å². The summed E-state index contributed by atoms with van der Waals surface area (Å²) in [4.78, 5) is 11.4. The van der Waals surface area contributed by atoms with Gasteiger partial charge in [-0.2, -0.15) is 0 Å². The van der Waals surface area contributed by atoms with Crippen LogP contribution >= 0.6 is 0 Å². The van der Waals surface area contributed by atoms with Gasteiger partial charge in [0.2, 0.25) is 5.91 Å². The van der Waals surface area contributed by atoms with Gasteiger partial charge in [-0.15, -0.1) is 0 Å². The van der Waals surface area contributed by atoms with Crippen molar-refractivity contribution >= 4 is 11.6 Å². The first-order chi connectivity index (χ1) is 9.02. The fourth-order valence-corrected chi connectivity index (χ4v) is 1.34. The Balaban J connectivity index is 2.40. The number of hydrogen-bond donors (Lipinski definition) is 2. The van der Waals surface area contributed by atoms with Crippen molar-refractivity contribution in [2.75, 3.05) is 18.5 Å². The zero-order valence-corrected chi connectivity index (χ0v) is 10.2. The predicted octanol–water partition coefficient (Wildman–Crippen LogP) is 1.89. The molecule has 0 saturated carbocycles. The molecule has 1 aromatic rings. The summed E-state index contributed by atoms with van der Waals surface area (Å²) >= 11 is 0. The molecule has 0 atom stereocenters. The molecular formula is C12H15F3N2O2. The highest BCUT2D eigenvalue weighted by Gasteiger charge is 2.08. The third-order valence-electron chi connectivity index (χ3n) is 2.26. The van der Waals surface area contributed by atoms with Gasteiger partial charge in [-0.25, -0.2) is 13.2 Å². The lowest BCUT2D eigenvalue weighted by Gasteiger charge is -2.08. The molecule has 1 aromatic carbocycles. The fourth-order valence-electron chi connectivity index (χ4n) is 1.34. The maximum atomic E-state index is 13.5. The van der Waals surface area contributed by atoms with Crippen LogP contribution in [0.1, 0.15) is 12.0 Å². The van der Waals surface area contributed by atoms with Crippen LogP contribution in [0.25, 0.3) is 0 Å². The van der Waals surface area contributed by atoms with Crippen molar-refractivity contribution in [1.29, 1.82) is 0 Å². The second-order valence-electron chi connectivity index (χ2n) is 3.78. The molecule has 0 heterocycles. The highest BCUT2D eigenvalue weighted by atomic mass is 19.3. The zero-order chi connectivity index (χ0) is 14.3. The lowest BCUT2D eigenvalue weighted by molar-refractivity contribution is -0.117. The van der Waals surface area contributed by atoms with Crippen molar-refractivity contribution in [2.24, 2.45) is 5.73 Å². The number of hydrogen-bond acceptors (Lipinski definition) is 3. The van der Waals surface area contributed by atoms with Crippen molar-refractivity contribution in [3.63, 3.8) is 0 Å². The van der Waals surface area contributed by atoms with Crippen LogP contribution in [0.5, 0.6) is 0 Å². The molecule has 0 spiro atoms. The summed E-state index contributed by atoms with van der Waals surface area (Å²) in [5.74, 6) is -1.10. The van der Waals surface area contributed by atoms with Gasteiger partial charge in [0.05, 0.1) is 18.7 Å². The van der Waals surface area contributed by atoms with Gasteiger partial charge in [-0.3, -0.25) is 4.79 Å². The van der Waals surface area contributed by atoms with Crippen LogP contribution in [0, 0.1) is 5.82 Å². The third-order valence-corrected chi connectivity index (χ3v) is 2.26. The van der Waals surface area contributed by atoms with Crippen LogP contribution < -0.4 is 11.1 Å². The summed E-state index contributed by atoms with van der Waals surface area (Å²) in [5.41, 5.74) is 5.97. The molecular weight excluding hydrogens is 261 g/mol. The van der Waals surface area contributed by atoms with Crippen LogP contribution in [0.2, 0.25) is 0 Å². The van der Waals surface area contributed by atoms with Crippen LogP contribution in [-0.2, 0) is 16.1 Å². The van der Waals surface area contributed by atoms with Gasteiger partial charge in [-0.05, 0) is 17.7 Å². The Morgan fingerprint density at radius 2 is 2.16 bits per heavy atom. The van der Waals surface area contributed by atoms with E-state index in [1.54, 1.807) is 6.07 Å².